The zero-order chi connectivity index (χ0) is 27.2. The summed E-state index contributed by atoms with van der Waals surface area (Å²) in [6, 6.07) is 9.40. The molecule has 0 saturated carbocycles. The van der Waals surface area contributed by atoms with Gasteiger partial charge in [0, 0.05) is 42.0 Å². The fourth-order valence-electron chi connectivity index (χ4n) is 4.71. The average Bonchev–Trinajstić information content (AvgIpc) is 3.22. The molecule has 1 N–H and O–H groups in total. The number of nitrogens with zero attached hydrogens (tertiary/aromatic N) is 4. The van der Waals surface area contributed by atoms with Crippen molar-refractivity contribution in [3.8, 4) is 11.1 Å². The van der Waals surface area contributed by atoms with E-state index < -0.39 is 55.5 Å². The number of pyridine rings is 2. The van der Waals surface area contributed by atoms with Gasteiger partial charge in [-0.2, -0.15) is 4.39 Å². The van der Waals surface area contributed by atoms with Gasteiger partial charge in [0.2, 0.25) is 17.8 Å². The standard InChI is InChI=1S/C26H22F5N5O2/c1-14-22-17(3-2-9-32-22)21-18(11-19(34-24(21)29)35-10-8-26(30,31)13-35)36(25(14)38)12-20(37)33-16-6-4-15(5-7-16)23(27)28/h2-7,9,11,14,23H,8,10,12-13H2,1H3,(H,33,37)/t14-/m1/s1. The SMILES string of the molecule is C[C@H]1C(=O)N(CC(=O)Nc2ccc(C(F)F)cc2)c2cc(N3CCC(F)(F)C3)nc(F)c2-c2cccnc21. The molecule has 1 saturated heterocycles. The molecule has 0 spiro atoms. The first kappa shape index (κ1) is 25.6. The van der Waals surface area contributed by atoms with Crippen molar-refractivity contribution >= 4 is 29.0 Å². The number of hydrogen-bond acceptors (Lipinski definition) is 5. The highest BCUT2D eigenvalue weighted by molar-refractivity contribution is 6.09. The van der Waals surface area contributed by atoms with E-state index in [1.54, 1.807) is 19.1 Å². The van der Waals surface area contributed by atoms with Crippen LogP contribution in [0, 0.1) is 5.95 Å². The van der Waals surface area contributed by atoms with Crippen molar-refractivity contribution in [3.05, 3.63) is 65.9 Å². The molecule has 0 unspecified atom stereocenters. The normalized spacial score (nSPS) is 18.3. The van der Waals surface area contributed by atoms with Crippen LogP contribution in [0.2, 0.25) is 0 Å². The van der Waals surface area contributed by atoms with Crippen molar-refractivity contribution in [1.82, 2.24) is 9.97 Å². The lowest BCUT2D eigenvalue weighted by Crippen LogP contribution is -2.40. The molecule has 0 bridgehead atoms. The Morgan fingerprint density at radius 2 is 1.95 bits per heavy atom. The molecule has 0 aliphatic carbocycles. The predicted molar refractivity (Wildman–Crippen MR) is 130 cm³/mol. The highest BCUT2D eigenvalue weighted by Gasteiger charge is 2.41. The Kier molecular flexibility index (Phi) is 6.49. The van der Waals surface area contributed by atoms with E-state index in [2.05, 4.69) is 15.3 Å². The topological polar surface area (TPSA) is 78.4 Å². The number of carbonyl (C=O) groups excluding carboxylic acids is 2. The van der Waals surface area contributed by atoms with E-state index in [0.29, 0.717) is 5.56 Å². The fourth-order valence-corrected chi connectivity index (χ4v) is 4.71. The summed E-state index contributed by atoms with van der Waals surface area (Å²) in [5.41, 5.74) is 0.508. The molecule has 5 rings (SSSR count). The minimum absolute atomic E-state index is 0.00508. The van der Waals surface area contributed by atoms with E-state index in [1.165, 1.54) is 29.3 Å². The van der Waals surface area contributed by atoms with Crippen LogP contribution in [0.25, 0.3) is 11.1 Å². The number of benzene rings is 1. The summed E-state index contributed by atoms with van der Waals surface area (Å²) >= 11 is 0. The number of halogens is 5. The average molecular weight is 531 g/mol. The molecule has 1 fully saturated rings. The molecule has 2 amide bonds. The monoisotopic (exact) mass is 531 g/mol. The second-order valence-corrected chi connectivity index (χ2v) is 9.25. The summed E-state index contributed by atoms with van der Waals surface area (Å²) < 4.78 is 69.1. The Balaban J connectivity index is 1.54. The van der Waals surface area contributed by atoms with E-state index in [1.807, 2.05) is 0 Å². The fraction of sp³-hybridized carbons (Fsp3) is 0.308. The Labute approximate surface area is 214 Å². The van der Waals surface area contributed by atoms with Gasteiger partial charge in [0.25, 0.3) is 12.3 Å². The maximum Gasteiger partial charge on any atom is 0.266 e. The molecule has 3 aromatic rings. The van der Waals surface area contributed by atoms with Crippen LogP contribution in [0.15, 0.2) is 48.7 Å². The highest BCUT2D eigenvalue weighted by atomic mass is 19.3. The van der Waals surface area contributed by atoms with Gasteiger partial charge in [-0.1, -0.05) is 18.2 Å². The van der Waals surface area contributed by atoms with Crippen LogP contribution in [0.5, 0.6) is 0 Å². The lowest BCUT2D eigenvalue weighted by atomic mass is 9.98. The molecular formula is C26H22F5N5O2. The summed E-state index contributed by atoms with van der Waals surface area (Å²) in [6.45, 7) is 0.298. The molecule has 2 aliphatic heterocycles. The summed E-state index contributed by atoms with van der Waals surface area (Å²) in [7, 11) is 0. The number of nitrogens with one attached hydrogen (secondary N) is 1. The van der Waals surface area contributed by atoms with E-state index >= 15 is 4.39 Å². The van der Waals surface area contributed by atoms with Gasteiger partial charge in [-0.15, -0.1) is 0 Å². The molecule has 12 heteroatoms. The van der Waals surface area contributed by atoms with Crippen molar-refractivity contribution in [2.24, 2.45) is 0 Å². The number of rotatable bonds is 5. The van der Waals surface area contributed by atoms with Crippen molar-refractivity contribution in [2.45, 2.75) is 31.6 Å². The van der Waals surface area contributed by atoms with E-state index in [-0.39, 0.29) is 40.6 Å². The summed E-state index contributed by atoms with van der Waals surface area (Å²) in [5, 5.41) is 2.55. The van der Waals surface area contributed by atoms with Crippen LogP contribution in [-0.4, -0.2) is 47.3 Å². The zero-order valence-electron chi connectivity index (χ0n) is 20.1. The number of alkyl halides is 4. The molecule has 38 heavy (non-hydrogen) atoms. The first-order chi connectivity index (χ1) is 18.0. The van der Waals surface area contributed by atoms with Crippen LogP contribution in [0.1, 0.15) is 36.9 Å². The quantitative estimate of drug-likeness (QED) is 0.364. The zero-order valence-corrected chi connectivity index (χ0v) is 20.1. The largest absolute Gasteiger partial charge is 0.350 e. The van der Waals surface area contributed by atoms with Crippen LogP contribution in [-0.2, 0) is 9.59 Å². The number of aromatic nitrogens is 2. The molecule has 2 aliphatic rings. The number of hydrogen-bond donors (Lipinski definition) is 1. The van der Waals surface area contributed by atoms with Crippen molar-refractivity contribution in [1.29, 1.82) is 0 Å². The minimum Gasteiger partial charge on any atom is -0.350 e. The summed E-state index contributed by atoms with van der Waals surface area (Å²) in [6.07, 6.45) is -1.64. The molecule has 4 heterocycles. The number of anilines is 3. The first-order valence-corrected chi connectivity index (χ1v) is 11.8. The molecule has 2 aromatic heterocycles. The number of fused-ring (bicyclic) bond motifs is 3. The van der Waals surface area contributed by atoms with Crippen molar-refractivity contribution in [2.75, 3.05) is 34.8 Å². The second kappa shape index (κ2) is 9.66. The molecule has 1 aromatic carbocycles. The third kappa shape index (κ3) is 4.77. The van der Waals surface area contributed by atoms with Gasteiger partial charge in [-0.3, -0.25) is 14.6 Å². The van der Waals surface area contributed by atoms with Gasteiger partial charge in [0.05, 0.1) is 29.4 Å². The van der Waals surface area contributed by atoms with Crippen LogP contribution in [0.3, 0.4) is 0 Å². The first-order valence-electron chi connectivity index (χ1n) is 11.8. The van der Waals surface area contributed by atoms with E-state index in [4.69, 9.17) is 0 Å². The van der Waals surface area contributed by atoms with E-state index in [9.17, 15) is 27.2 Å². The molecule has 0 radical (unpaired) electrons. The second-order valence-electron chi connectivity index (χ2n) is 9.25. The van der Waals surface area contributed by atoms with Crippen molar-refractivity contribution in [3.63, 3.8) is 0 Å². The third-order valence-corrected chi connectivity index (χ3v) is 6.63. The van der Waals surface area contributed by atoms with Crippen LogP contribution in [0.4, 0.5) is 39.1 Å². The van der Waals surface area contributed by atoms with Gasteiger partial charge >= 0.3 is 0 Å². The van der Waals surface area contributed by atoms with Gasteiger partial charge in [-0.25, -0.2) is 22.5 Å². The third-order valence-electron chi connectivity index (χ3n) is 6.63. The van der Waals surface area contributed by atoms with Gasteiger partial charge in [-0.05, 0) is 25.1 Å². The maximum absolute atomic E-state index is 15.6. The van der Waals surface area contributed by atoms with E-state index in [0.717, 1.165) is 17.0 Å². The Bertz CT molecular complexity index is 1400. The minimum atomic E-state index is -2.97. The summed E-state index contributed by atoms with van der Waals surface area (Å²) in [4.78, 5) is 37.0. The van der Waals surface area contributed by atoms with Crippen LogP contribution >= 0.6 is 0 Å². The number of carbonyl (C=O) groups is 2. The van der Waals surface area contributed by atoms with Gasteiger partial charge in [0.1, 0.15) is 12.4 Å². The van der Waals surface area contributed by atoms with Gasteiger partial charge in [0.15, 0.2) is 0 Å². The Hall–Kier alpha value is -4.09. The summed E-state index contributed by atoms with van der Waals surface area (Å²) in [5.74, 6) is -6.14. The van der Waals surface area contributed by atoms with Crippen molar-refractivity contribution < 1.29 is 31.5 Å². The highest BCUT2D eigenvalue weighted by Crippen LogP contribution is 2.43. The lowest BCUT2D eigenvalue weighted by molar-refractivity contribution is -0.122. The molecular weight excluding hydrogens is 509 g/mol. The predicted octanol–water partition coefficient (Wildman–Crippen LogP) is 5.15. The van der Waals surface area contributed by atoms with Gasteiger partial charge < -0.3 is 15.1 Å². The molecule has 198 valence electrons. The molecule has 1 atom stereocenters. The van der Waals surface area contributed by atoms with Crippen LogP contribution < -0.4 is 15.1 Å². The Morgan fingerprint density at radius 3 is 2.61 bits per heavy atom. The smallest absolute Gasteiger partial charge is 0.266 e. The lowest BCUT2D eigenvalue weighted by Gasteiger charge is -2.26. The Morgan fingerprint density at radius 1 is 1.21 bits per heavy atom. The number of amides is 2. The molecule has 7 nitrogen and oxygen atoms in total. The maximum atomic E-state index is 15.6.